The summed E-state index contributed by atoms with van der Waals surface area (Å²) in [7, 11) is 3.09. The molecule has 0 unspecified atom stereocenters. The summed E-state index contributed by atoms with van der Waals surface area (Å²) in [6.07, 6.45) is 1.63. The van der Waals surface area contributed by atoms with Crippen LogP contribution in [0.4, 0.5) is 0 Å². The molecule has 174 valence electrons. The largest absolute Gasteiger partial charge is 0.493 e. The molecular weight excluding hydrogens is 440 g/mol. The molecule has 4 rings (SSSR count). The molecule has 1 aliphatic rings. The van der Waals surface area contributed by atoms with Crippen molar-refractivity contribution in [2.24, 2.45) is 5.10 Å². The van der Waals surface area contributed by atoms with Gasteiger partial charge in [-0.15, -0.1) is 0 Å². The van der Waals surface area contributed by atoms with Crippen LogP contribution in [0.5, 0.6) is 28.7 Å². The van der Waals surface area contributed by atoms with Gasteiger partial charge < -0.3 is 23.7 Å². The summed E-state index contributed by atoms with van der Waals surface area (Å²) in [6, 6.07) is 16.8. The Morgan fingerprint density at radius 1 is 0.941 bits per heavy atom. The van der Waals surface area contributed by atoms with Gasteiger partial charge in [0.1, 0.15) is 5.75 Å². The van der Waals surface area contributed by atoms with Gasteiger partial charge in [-0.3, -0.25) is 4.79 Å². The number of nitrogens with one attached hydrogen (secondary N) is 1. The highest BCUT2D eigenvalue weighted by Crippen LogP contribution is 2.32. The SMILES string of the molecule is COc1ccc(CC(=O)N/N=C/c2ccc(OC(=O)c3ccc4c(c3)OCO4)cc2)cc1OC. The Kier molecular flexibility index (Phi) is 6.92. The fourth-order valence-electron chi connectivity index (χ4n) is 3.21. The van der Waals surface area contributed by atoms with Gasteiger partial charge >= 0.3 is 5.97 Å². The standard InChI is InChI=1S/C25H22N2O7/c1-30-20-9-5-17(11-22(20)31-2)12-24(28)27-26-14-16-3-7-19(8-4-16)34-25(29)18-6-10-21-23(13-18)33-15-32-21/h3-11,13-14H,12,15H2,1-2H3,(H,27,28)/b26-14+. The number of nitrogens with zero attached hydrogens (tertiary/aromatic N) is 1. The maximum Gasteiger partial charge on any atom is 0.343 e. The Bertz CT molecular complexity index is 1220. The van der Waals surface area contributed by atoms with Gasteiger partial charge in [0.15, 0.2) is 23.0 Å². The van der Waals surface area contributed by atoms with Crippen molar-refractivity contribution in [1.29, 1.82) is 0 Å². The Labute approximate surface area is 195 Å². The van der Waals surface area contributed by atoms with Crippen LogP contribution in [0, 0.1) is 0 Å². The zero-order chi connectivity index (χ0) is 23.9. The van der Waals surface area contributed by atoms with Gasteiger partial charge in [-0.1, -0.05) is 6.07 Å². The van der Waals surface area contributed by atoms with Crippen molar-refractivity contribution in [3.63, 3.8) is 0 Å². The number of carbonyl (C=O) groups is 2. The quantitative estimate of drug-likeness (QED) is 0.237. The molecule has 0 fully saturated rings. The van der Waals surface area contributed by atoms with E-state index in [2.05, 4.69) is 10.5 Å². The first kappa shape index (κ1) is 22.7. The van der Waals surface area contributed by atoms with E-state index in [9.17, 15) is 9.59 Å². The number of rotatable bonds is 8. The highest BCUT2D eigenvalue weighted by molar-refractivity contribution is 5.92. The molecule has 1 heterocycles. The highest BCUT2D eigenvalue weighted by atomic mass is 16.7. The van der Waals surface area contributed by atoms with Gasteiger partial charge in [0, 0.05) is 0 Å². The van der Waals surface area contributed by atoms with Crippen LogP contribution in [0.2, 0.25) is 0 Å². The van der Waals surface area contributed by atoms with Gasteiger partial charge in [0.2, 0.25) is 12.7 Å². The summed E-state index contributed by atoms with van der Waals surface area (Å²) in [5.74, 6) is 1.83. The second kappa shape index (κ2) is 10.4. The van der Waals surface area contributed by atoms with Crippen LogP contribution in [0.3, 0.4) is 0 Å². The molecule has 9 heteroatoms. The van der Waals surface area contributed by atoms with Gasteiger partial charge in [-0.05, 0) is 65.7 Å². The number of carbonyl (C=O) groups excluding carboxylic acids is 2. The van der Waals surface area contributed by atoms with Gasteiger partial charge in [-0.25, -0.2) is 10.2 Å². The number of ether oxygens (including phenoxy) is 5. The van der Waals surface area contributed by atoms with E-state index in [1.54, 1.807) is 67.8 Å². The lowest BCUT2D eigenvalue weighted by Gasteiger charge is -2.09. The number of hydrogen-bond donors (Lipinski definition) is 1. The predicted octanol–water partition coefficient (Wildman–Crippen LogP) is 3.34. The van der Waals surface area contributed by atoms with E-state index in [4.69, 9.17) is 23.7 Å². The lowest BCUT2D eigenvalue weighted by molar-refractivity contribution is -0.120. The van der Waals surface area contributed by atoms with Crippen molar-refractivity contribution in [1.82, 2.24) is 5.43 Å². The van der Waals surface area contributed by atoms with Gasteiger partial charge in [0.05, 0.1) is 32.4 Å². The smallest absolute Gasteiger partial charge is 0.343 e. The second-order valence-electron chi connectivity index (χ2n) is 7.19. The molecule has 0 atom stereocenters. The third-order valence-corrected chi connectivity index (χ3v) is 4.91. The lowest BCUT2D eigenvalue weighted by Crippen LogP contribution is -2.19. The molecule has 0 saturated carbocycles. The molecule has 0 saturated heterocycles. The molecule has 0 aromatic heterocycles. The number of methoxy groups -OCH3 is 2. The molecule has 3 aromatic rings. The van der Waals surface area contributed by atoms with E-state index in [1.807, 2.05) is 0 Å². The average Bonchev–Trinajstić information content (AvgIpc) is 3.33. The Hall–Kier alpha value is -4.53. The number of hydrogen-bond acceptors (Lipinski definition) is 8. The van der Waals surface area contributed by atoms with Crippen molar-refractivity contribution in [3.05, 3.63) is 77.4 Å². The maximum absolute atomic E-state index is 12.4. The van der Waals surface area contributed by atoms with Crippen LogP contribution in [0.25, 0.3) is 0 Å². The molecular formula is C25H22N2O7. The molecule has 0 bridgehead atoms. The van der Waals surface area contributed by atoms with Crippen LogP contribution in [0.15, 0.2) is 65.8 Å². The van der Waals surface area contributed by atoms with Crippen LogP contribution in [-0.4, -0.2) is 39.1 Å². The maximum atomic E-state index is 12.4. The fourth-order valence-corrected chi connectivity index (χ4v) is 3.21. The van der Waals surface area contributed by atoms with Crippen molar-refractivity contribution in [2.45, 2.75) is 6.42 Å². The van der Waals surface area contributed by atoms with E-state index in [-0.39, 0.29) is 19.1 Å². The average molecular weight is 462 g/mol. The molecule has 34 heavy (non-hydrogen) atoms. The summed E-state index contributed by atoms with van der Waals surface area (Å²) < 4.78 is 26.3. The van der Waals surface area contributed by atoms with Crippen LogP contribution >= 0.6 is 0 Å². The van der Waals surface area contributed by atoms with E-state index in [0.717, 1.165) is 5.56 Å². The van der Waals surface area contributed by atoms with E-state index in [1.165, 1.54) is 13.3 Å². The third-order valence-electron chi connectivity index (χ3n) is 4.91. The Balaban J connectivity index is 1.29. The fraction of sp³-hybridized carbons (Fsp3) is 0.160. The van der Waals surface area contributed by atoms with E-state index in [0.29, 0.717) is 39.9 Å². The minimum Gasteiger partial charge on any atom is -0.493 e. The van der Waals surface area contributed by atoms with Crippen LogP contribution in [0.1, 0.15) is 21.5 Å². The molecule has 0 spiro atoms. The zero-order valence-corrected chi connectivity index (χ0v) is 18.6. The van der Waals surface area contributed by atoms with E-state index >= 15 is 0 Å². The first-order chi connectivity index (χ1) is 16.6. The molecule has 1 amide bonds. The minimum atomic E-state index is -0.512. The first-order valence-electron chi connectivity index (χ1n) is 10.3. The van der Waals surface area contributed by atoms with Crippen LogP contribution < -0.4 is 29.1 Å². The normalized spacial score (nSPS) is 11.8. The molecule has 9 nitrogen and oxygen atoms in total. The van der Waals surface area contributed by atoms with Crippen molar-refractivity contribution < 1.29 is 33.3 Å². The highest BCUT2D eigenvalue weighted by Gasteiger charge is 2.17. The Morgan fingerprint density at radius 2 is 1.71 bits per heavy atom. The predicted molar refractivity (Wildman–Crippen MR) is 123 cm³/mol. The van der Waals surface area contributed by atoms with Crippen molar-refractivity contribution in [3.8, 4) is 28.7 Å². The summed E-state index contributed by atoms with van der Waals surface area (Å²) in [5.41, 5.74) is 4.32. The second-order valence-corrected chi connectivity index (χ2v) is 7.19. The third kappa shape index (κ3) is 5.44. The number of esters is 1. The summed E-state index contributed by atoms with van der Waals surface area (Å²) in [6.45, 7) is 0.132. The van der Waals surface area contributed by atoms with Crippen molar-refractivity contribution in [2.75, 3.05) is 21.0 Å². The minimum absolute atomic E-state index is 0.131. The molecule has 3 aromatic carbocycles. The topological polar surface area (TPSA) is 105 Å². The summed E-state index contributed by atoms with van der Waals surface area (Å²) in [4.78, 5) is 24.5. The molecule has 1 N–H and O–H groups in total. The number of hydrazone groups is 1. The van der Waals surface area contributed by atoms with Gasteiger partial charge in [-0.2, -0.15) is 5.10 Å². The number of benzene rings is 3. The summed E-state index contributed by atoms with van der Waals surface area (Å²) >= 11 is 0. The lowest BCUT2D eigenvalue weighted by atomic mass is 10.1. The molecule has 0 aliphatic carbocycles. The molecule has 0 radical (unpaired) electrons. The number of fused-ring (bicyclic) bond motifs is 1. The molecule has 1 aliphatic heterocycles. The number of amides is 1. The Morgan fingerprint density at radius 3 is 2.47 bits per heavy atom. The monoisotopic (exact) mass is 462 g/mol. The van der Waals surface area contributed by atoms with Gasteiger partial charge in [0.25, 0.3) is 0 Å². The van der Waals surface area contributed by atoms with Crippen LogP contribution in [-0.2, 0) is 11.2 Å². The zero-order valence-electron chi connectivity index (χ0n) is 18.6. The van der Waals surface area contributed by atoms with E-state index < -0.39 is 5.97 Å². The van der Waals surface area contributed by atoms with Crippen molar-refractivity contribution >= 4 is 18.1 Å². The first-order valence-corrected chi connectivity index (χ1v) is 10.3. The summed E-state index contributed by atoms with van der Waals surface area (Å²) in [5, 5.41) is 3.97.